The minimum atomic E-state index is -0.855. The number of urea groups is 1. The van der Waals surface area contributed by atoms with E-state index < -0.39 is 5.54 Å². The Hall–Kier alpha value is -3.30. The van der Waals surface area contributed by atoms with Gasteiger partial charge in [0.25, 0.3) is 5.91 Å². The molecule has 0 aromatic heterocycles. The molecule has 0 unspecified atom stereocenters. The van der Waals surface area contributed by atoms with Gasteiger partial charge in [-0.3, -0.25) is 14.6 Å². The van der Waals surface area contributed by atoms with Gasteiger partial charge in [0.1, 0.15) is 22.8 Å². The van der Waals surface area contributed by atoms with Crippen molar-refractivity contribution in [3.63, 3.8) is 0 Å². The van der Waals surface area contributed by atoms with E-state index in [4.69, 9.17) is 18.9 Å². The summed E-state index contributed by atoms with van der Waals surface area (Å²) in [6.45, 7) is 5.02. The van der Waals surface area contributed by atoms with Crippen molar-refractivity contribution < 1.29 is 28.5 Å². The van der Waals surface area contributed by atoms with Gasteiger partial charge in [0, 0.05) is 39.4 Å². The van der Waals surface area contributed by atoms with Gasteiger partial charge in [-0.1, -0.05) is 6.07 Å². The first-order valence-corrected chi connectivity index (χ1v) is 12.5. The molecule has 0 bridgehead atoms. The Labute approximate surface area is 218 Å². The van der Waals surface area contributed by atoms with Crippen LogP contribution in [0.3, 0.4) is 0 Å². The van der Waals surface area contributed by atoms with Gasteiger partial charge in [-0.15, -0.1) is 0 Å². The Balaban J connectivity index is 1.52. The third kappa shape index (κ3) is 5.52. The van der Waals surface area contributed by atoms with E-state index in [0.29, 0.717) is 51.4 Å². The number of piperidine rings is 1. The van der Waals surface area contributed by atoms with Gasteiger partial charge in [-0.2, -0.15) is 0 Å². The van der Waals surface area contributed by atoms with Crippen LogP contribution < -0.4 is 14.2 Å². The molecule has 200 valence electrons. The van der Waals surface area contributed by atoms with E-state index in [1.807, 2.05) is 43.3 Å². The second kappa shape index (κ2) is 11.4. The molecule has 0 N–H and O–H groups in total. The van der Waals surface area contributed by atoms with Crippen LogP contribution in [0.4, 0.5) is 4.79 Å². The van der Waals surface area contributed by atoms with E-state index in [1.165, 1.54) is 4.90 Å². The Morgan fingerprint density at radius 3 is 1.92 bits per heavy atom. The number of hydrogen-bond acceptors (Lipinski definition) is 7. The van der Waals surface area contributed by atoms with Gasteiger partial charge in [0.2, 0.25) is 0 Å². The molecule has 2 aromatic rings. The number of amides is 3. The lowest BCUT2D eigenvalue weighted by Gasteiger charge is -2.42. The predicted octanol–water partition coefficient (Wildman–Crippen LogP) is 3.47. The summed E-state index contributed by atoms with van der Waals surface area (Å²) in [5.74, 6) is 2.07. The fraction of sp³-hybridized carbons (Fsp3) is 0.500. The molecule has 2 aromatic carbocycles. The van der Waals surface area contributed by atoms with E-state index in [-0.39, 0.29) is 18.5 Å². The molecular formula is C28H37N3O6. The first kappa shape index (κ1) is 26.8. The van der Waals surface area contributed by atoms with Crippen molar-refractivity contribution in [1.29, 1.82) is 0 Å². The molecule has 2 heterocycles. The third-order valence-electron chi connectivity index (χ3n) is 7.33. The van der Waals surface area contributed by atoms with Crippen molar-refractivity contribution in [2.24, 2.45) is 0 Å². The molecule has 0 radical (unpaired) electrons. The van der Waals surface area contributed by atoms with Crippen molar-refractivity contribution in [3.8, 4) is 17.2 Å². The smallest absolute Gasteiger partial charge is 0.328 e. The average molecular weight is 512 g/mol. The molecule has 9 nitrogen and oxygen atoms in total. The van der Waals surface area contributed by atoms with E-state index in [0.717, 1.165) is 28.2 Å². The van der Waals surface area contributed by atoms with Crippen LogP contribution >= 0.6 is 0 Å². The van der Waals surface area contributed by atoms with Gasteiger partial charge >= 0.3 is 6.03 Å². The lowest BCUT2D eigenvalue weighted by Crippen LogP contribution is -2.57. The number of rotatable bonds is 10. The van der Waals surface area contributed by atoms with Crippen molar-refractivity contribution in [2.75, 3.05) is 54.7 Å². The first-order valence-electron chi connectivity index (χ1n) is 12.5. The average Bonchev–Trinajstić information content (AvgIpc) is 3.08. The van der Waals surface area contributed by atoms with Crippen LogP contribution in [0.2, 0.25) is 0 Å². The van der Waals surface area contributed by atoms with E-state index in [9.17, 15) is 9.59 Å². The molecule has 2 aliphatic heterocycles. The fourth-order valence-corrected chi connectivity index (χ4v) is 5.41. The molecule has 0 aliphatic carbocycles. The molecule has 2 fully saturated rings. The van der Waals surface area contributed by atoms with Crippen molar-refractivity contribution in [3.05, 3.63) is 53.1 Å². The minimum Gasteiger partial charge on any atom is -0.497 e. The summed E-state index contributed by atoms with van der Waals surface area (Å²) in [6, 6.07) is 11.4. The SMILES string of the molecule is COCCN1C(=O)N(Cc2cc(C)cc(OC)c2)C(=O)C12CCN(Cc1cc(OC)cc(OC)c1)CC2. The van der Waals surface area contributed by atoms with Crippen molar-refractivity contribution >= 4 is 11.9 Å². The molecule has 37 heavy (non-hydrogen) atoms. The summed E-state index contributed by atoms with van der Waals surface area (Å²) >= 11 is 0. The summed E-state index contributed by atoms with van der Waals surface area (Å²) in [5, 5.41) is 0. The largest absolute Gasteiger partial charge is 0.497 e. The van der Waals surface area contributed by atoms with Crippen molar-refractivity contribution in [2.45, 2.75) is 38.4 Å². The Bertz CT molecular complexity index is 1110. The number of hydrogen-bond donors (Lipinski definition) is 0. The molecule has 3 amide bonds. The number of ether oxygens (including phenoxy) is 4. The number of carbonyl (C=O) groups is 2. The van der Waals surface area contributed by atoms with Crippen LogP contribution in [-0.4, -0.2) is 86.9 Å². The fourth-order valence-electron chi connectivity index (χ4n) is 5.41. The van der Waals surface area contributed by atoms with E-state index in [1.54, 1.807) is 33.3 Å². The monoisotopic (exact) mass is 511 g/mol. The second-order valence-electron chi connectivity index (χ2n) is 9.71. The maximum Gasteiger partial charge on any atom is 0.328 e. The quantitative estimate of drug-likeness (QED) is 0.452. The number of methoxy groups -OCH3 is 4. The lowest BCUT2D eigenvalue weighted by atomic mass is 9.85. The Morgan fingerprint density at radius 2 is 1.35 bits per heavy atom. The molecule has 4 rings (SSSR count). The number of imide groups is 1. The molecule has 9 heteroatoms. The van der Waals surface area contributed by atoms with Gasteiger partial charge in [-0.25, -0.2) is 4.79 Å². The zero-order valence-electron chi connectivity index (χ0n) is 22.4. The zero-order chi connectivity index (χ0) is 26.6. The molecule has 0 saturated carbocycles. The summed E-state index contributed by atoms with van der Waals surface area (Å²) in [4.78, 5) is 32.9. The molecule has 2 aliphatic rings. The van der Waals surface area contributed by atoms with E-state index >= 15 is 0 Å². The third-order valence-corrected chi connectivity index (χ3v) is 7.33. The number of aryl methyl sites for hydroxylation is 1. The Morgan fingerprint density at radius 1 is 0.784 bits per heavy atom. The molecule has 2 saturated heterocycles. The number of carbonyl (C=O) groups excluding carboxylic acids is 2. The topological polar surface area (TPSA) is 80.8 Å². The van der Waals surface area contributed by atoms with Crippen LogP contribution in [-0.2, 0) is 22.6 Å². The Kier molecular flexibility index (Phi) is 8.24. The van der Waals surface area contributed by atoms with Crippen molar-refractivity contribution in [1.82, 2.24) is 14.7 Å². The maximum absolute atomic E-state index is 13.9. The van der Waals surface area contributed by atoms with Gasteiger partial charge in [0.05, 0.1) is 34.5 Å². The summed E-state index contributed by atoms with van der Waals surface area (Å²) in [5.41, 5.74) is 2.10. The van der Waals surface area contributed by atoms with Crippen LogP contribution in [0.25, 0.3) is 0 Å². The normalized spacial score (nSPS) is 17.5. The minimum absolute atomic E-state index is 0.128. The molecule has 1 spiro atoms. The number of likely N-dealkylation sites (tertiary alicyclic amines) is 1. The second-order valence-corrected chi connectivity index (χ2v) is 9.71. The lowest BCUT2D eigenvalue weighted by molar-refractivity contribution is -0.136. The maximum atomic E-state index is 13.9. The summed E-state index contributed by atoms with van der Waals surface area (Å²) in [6.07, 6.45) is 1.13. The highest BCUT2D eigenvalue weighted by Crippen LogP contribution is 2.38. The van der Waals surface area contributed by atoms with Crippen LogP contribution in [0, 0.1) is 6.92 Å². The van der Waals surface area contributed by atoms with Crippen LogP contribution in [0.1, 0.15) is 29.5 Å². The van der Waals surface area contributed by atoms with Gasteiger partial charge in [0.15, 0.2) is 0 Å². The standard InChI is InChI=1S/C28H37N3O6/c1-20-12-21(14-23(13-20)35-3)19-30-26(32)28(31(27(30)33)10-11-34-2)6-8-29(9-7-28)18-22-15-24(36-4)17-25(16-22)37-5/h12-17H,6-11,18-19H2,1-5H3. The number of benzene rings is 2. The first-order chi connectivity index (χ1) is 17.8. The molecular weight excluding hydrogens is 474 g/mol. The van der Waals surface area contributed by atoms with E-state index in [2.05, 4.69) is 4.90 Å². The molecule has 0 atom stereocenters. The number of nitrogens with zero attached hydrogens (tertiary/aromatic N) is 3. The highest BCUT2D eigenvalue weighted by atomic mass is 16.5. The van der Waals surface area contributed by atoms with Gasteiger partial charge in [-0.05, 0) is 60.7 Å². The van der Waals surface area contributed by atoms with Crippen LogP contribution in [0.5, 0.6) is 17.2 Å². The highest BCUT2D eigenvalue weighted by Gasteiger charge is 2.57. The highest BCUT2D eigenvalue weighted by molar-refractivity contribution is 6.07. The summed E-state index contributed by atoms with van der Waals surface area (Å²) in [7, 11) is 6.50. The summed E-state index contributed by atoms with van der Waals surface area (Å²) < 4.78 is 21.5. The van der Waals surface area contributed by atoms with Crippen LogP contribution in [0.15, 0.2) is 36.4 Å². The van der Waals surface area contributed by atoms with Gasteiger partial charge < -0.3 is 23.8 Å². The predicted molar refractivity (Wildman–Crippen MR) is 139 cm³/mol. The zero-order valence-corrected chi connectivity index (χ0v) is 22.4.